The lowest BCUT2D eigenvalue weighted by atomic mass is 9.98. The molecule has 1 aliphatic carbocycles. The molecule has 3 aliphatic rings. The van der Waals surface area contributed by atoms with Gasteiger partial charge in [0.15, 0.2) is 0 Å². The number of carbonyl (C=O) groups is 1. The molecule has 6 heteroatoms. The molecule has 0 radical (unpaired) electrons. The van der Waals surface area contributed by atoms with Gasteiger partial charge in [-0.05, 0) is 56.7 Å². The van der Waals surface area contributed by atoms with Gasteiger partial charge in [-0.2, -0.15) is 0 Å². The summed E-state index contributed by atoms with van der Waals surface area (Å²) < 4.78 is 5.67. The molecule has 0 atom stereocenters. The Morgan fingerprint density at radius 2 is 1.96 bits per heavy atom. The van der Waals surface area contributed by atoms with Gasteiger partial charge >= 0.3 is 0 Å². The maximum absolute atomic E-state index is 12.6. The number of nitrogens with two attached hydrogens (primary N) is 1. The van der Waals surface area contributed by atoms with Crippen LogP contribution in [0.25, 0.3) is 0 Å². The van der Waals surface area contributed by atoms with E-state index >= 15 is 0 Å². The Labute approximate surface area is 162 Å². The topological polar surface area (TPSA) is 70.8 Å². The Morgan fingerprint density at radius 3 is 2.74 bits per heavy atom. The predicted molar refractivity (Wildman–Crippen MR) is 107 cm³/mol. The van der Waals surface area contributed by atoms with Gasteiger partial charge in [-0.15, -0.1) is 0 Å². The van der Waals surface area contributed by atoms with Crippen molar-refractivity contribution < 1.29 is 9.53 Å². The summed E-state index contributed by atoms with van der Waals surface area (Å²) in [4.78, 5) is 17.7. The third kappa shape index (κ3) is 4.74. The van der Waals surface area contributed by atoms with Crippen LogP contribution in [0.3, 0.4) is 0 Å². The van der Waals surface area contributed by atoms with Crippen molar-refractivity contribution in [3.8, 4) is 5.75 Å². The minimum atomic E-state index is -0.00833. The molecule has 2 fully saturated rings. The standard InChI is InChI=1S/C21H32N4O2/c22-19-7-6-18(17-3-1-14-27-20(17)19)21(26)23-8-2-9-24-10-12-25(13-11-24)15-16-4-5-16/h6-7,16H,1-5,8-15,22H2,(H,23,26). The van der Waals surface area contributed by atoms with Crippen LogP contribution in [-0.4, -0.2) is 68.1 Å². The summed E-state index contributed by atoms with van der Waals surface area (Å²) in [6.45, 7) is 8.45. The van der Waals surface area contributed by atoms with Gasteiger partial charge in [0.05, 0.1) is 12.3 Å². The second-order valence-electron chi connectivity index (χ2n) is 8.16. The largest absolute Gasteiger partial charge is 0.491 e. The van der Waals surface area contributed by atoms with Gasteiger partial charge in [0, 0.05) is 50.4 Å². The molecule has 0 aromatic heterocycles. The Kier molecular flexibility index (Phi) is 5.83. The van der Waals surface area contributed by atoms with E-state index in [1.54, 1.807) is 6.07 Å². The Balaban J connectivity index is 1.19. The van der Waals surface area contributed by atoms with E-state index in [2.05, 4.69) is 15.1 Å². The van der Waals surface area contributed by atoms with Gasteiger partial charge in [0.1, 0.15) is 5.75 Å². The summed E-state index contributed by atoms with van der Waals surface area (Å²) in [5.74, 6) is 1.68. The van der Waals surface area contributed by atoms with E-state index in [0.29, 0.717) is 30.2 Å². The van der Waals surface area contributed by atoms with Crippen LogP contribution in [0.15, 0.2) is 12.1 Å². The summed E-state index contributed by atoms with van der Waals surface area (Å²) >= 11 is 0. The quantitative estimate of drug-likeness (QED) is 0.564. The van der Waals surface area contributed by atoms with E-state index in [1.165, 1.54) is 32.5 Å². The Morgan fingerprint density at radius 1 is 1.19 bits per heavy atom. The zero-order valence-corrected chi connectivity index (χ0v) is 16.2. The van der Waals surface area contributed by atoms with Crippen molar-refractivity contribution >= 4 is 11.6 Å². The van der Waals surface area contributed by atoms with Crippen molar-refractivity contribution in [2.45, 2.75) is 32.1 Å². The molecule has 0 bridgehead atoms. The van der Waals surface area contributed by atoms with Gasteiger partial charge in [-0.25, -0.2) is 0 Å². The number of nitrogens with one attached hydrogen (secondary N) is 1. The van der Waals surface area contributed by atoms with E-state index in [4.69, 9.17) is 10.5 Å². The summed E-state index contributed by atoms with van der Waals surface area (Å²) in [5, 5.41) is 3.08. The lowest BCUT2D eigenvalue weighted by molar-refractivity contribution is 0.0945. The normalized spacial score (nSPS) is 20.7. The van der Waals surface area contributed by atoms with Crippen molar-refractivity contribution in [1.29, 1.82) is 0 Å². The molecule has 2 aliphatic heterocycles. The lowest BCUT2D eigenvalue weighted by Gasteiger charge is -2.34. The Bertz CT molecular complexity index is 666. The number of carbonyl (C=O) groups excluding carboxylic acids is 1. The smallest absolute Gasteiger partial charge is 0.251 e. The van der Waals surface area contributed by atoms with Crippen LogP contribution in [0.5, 0.6) is 5.75 Å². The zero-order valence-electron chi connectivity index (χ0n) is 16.2. The average molecular weight is 373 g/mol. The summed E-state index contributed by atoms with van der Waals surface area (Å²) in [7, 11) is 0. The SMILES string of the molecule is Nc1ccc(C(=O)NCCCN2CCN(CC3CC3)CC2)c2c1OCCC2. The summed E-state index contributed by atoms with van der Waals surface area (Å²) in [6.07, 6.45) is 5.65. The highest BCUT2D eigenvalue weighted by Crippen LogP contribution is 2.33. The number of piperazine rings is 1. The molecule has 6 nitrogen and oxygen atoms in total. The van der Waals surface area contributed by atoms with Crippen LogP contribution in [0, 0.1) is 5.92 Å². The number of benzene rings is 1. The fourth-order valence-corrected chi connectivity index (χ4v) is 4.16. The first-order valence-corrected chi connectivity index (χ1v) is 10.5. The molecular weight excluding hydrogens is 340 g/mol. The highest BCUT2D eigenvalue weighted by molar-refractivity contribution is 5.97. The number of fused-ring (bicyclic) bond motifs is 1. The number of anilines is 1. The highest BCUT2D eigenvalue weighted by atomic mass is 16.5. The van der Waals surface area contributed by atoms with Crippen LogP contribution in [0.4, 0.5) is 5.69 Å². The van der Waals surface area contributed by atoms with Gasteiger partial charge in [-0.1, -0.05) is 0 Å². The van der Waals surface area contributed by atoms with Crippen molar-refractivity contribution in [1.82, 2.24) is 15.1 Å². The fraction of sp³-hybridized carbons (Fsp3) is 0.667. The average Bonchev–Trinajstić information content (AvgIpc) is 3.51. The van der Waals surface area contributed by atoms with Crippen molar-refractivity contribution in [3.63, 3.8) is 0 Å². The maximum atomic E-state index is 12.6. The molecule has 0 unspecified atom stereocenters. The molecule has 3 N–H and O–H groups in total. The van der Waals surface area contributed by atoms with Crippen molar-refractivity contribution in [2.75, 3.05) is 58.2 Å². The van der Waals surface area contributed by atoms with Crippen LogP contribution >= 0.6 is 0 Å². The second kappa shape index (κ2) is 8.48. The number of hydrogen-bond acceptors (Lipinski definition) is 5. The fourth-order valence-electron chi connectivity index (χ4n) is 4.16. The van der Waals surface area contributed by atoms with E-state index < -0.39 is 0 Å². The molecule has 1 aromatic rings. The van der Waals surface area contributed by atoms with Crippen LogP contribution in [0.2, 0.25) is 0 Å². The maximum Gasteiger partial charge on any atom is 0.251 e. The van der Waals surface area contributed by atoms with Crippen molar-refractivity contribution in [2.24, 2.45) is 5.92 Å². The minimum absolute atomic E-state index is 0.00833. The first-order chi connectivity index (χ1) is 13.2. The summed E-state index contributed by atoms with van der Waals surface area (Å²) in [6, 6.07) is 3.61. The number of nitrogen functional groups attached to an aromatic ring is 1. The molecule has 1 saturated heterocycles. The molecule has 4 rings (SSSR count). The third-order valence-electron chi connectivity index (χ3n) is 5.97. The van der Waals surface area contributed by atoms with Gasteiger partial charge in [0.25, 0.3) is 5.91 Å². The Hall–Kier alpha value is -1.79. The summed E-state index contributed by atoms with van der Waals surface area (Å²) in [5.41, 5.74) is 8.29. The number of ether oxygens (including phenoxy) is 1. The number of nitrogens with zero attached hydrogens (tertiary/aromatic N) is 2. The molecule has 0 spiro atoms. The van der Waals surface area contributed by atoms with E-state index in [-0.39, 0.29) is 5.91 Å². The molecule has 1 saturated carbocycles. The molecule has 148 valence electrons. The van der Waals surface area contributed by atoms with Crippen LogP contribution in [0.1, 0.15) is 41.6 Å². The van der Waals surface area contributed by atoms with E-state index in [9.17, 15) is 4.79 Å². The van der Waals surface area contributed by atoms with Gasteiger partial charge in [-0.3, -0.25) is 4.79 Å². The minimum Gasteiger partial charge on any atom is -0.491 e. The zero-order chi connectivity index (χ0) is 18.6. The second-order valence-corrected chi connectivity index (χ2v) is 8.16. The first-order valence-electron chi connectivity index (χ1n) is 10.5. The number of hydrogen-bond donors (Lipinski definition) is 2. The van der Waals surface area contributed by atoms with Gasteiger partial charge < -0.3 is 25.6 Å². The molecule has 1 aromatic carbocycles. The van der Waals surface area contributed by atoms with E-state index in [0.717, 1.165) is 50.4 Å². The molecular formula is C21H32N4O2. The number of rotatable bonds is 7. The molecule has 27 heavy (non-hydrogen) atoms. The lowest BCUT2D eigenvalue weighted by Crippen LogP contribution is -2.47. The molecule has 1 amide bonds. The predicted octanol–water partition coefficient (Wildman–Crippen LogP) is 1.74. The van der Waals surface area contributed by atoms with Crippen molar-refractivity contribution in [3.05, 3.63) is 23.3 Å². The molecule has 2 heterocycles. The van der Waals surface area contributed by atoms with Crippen LogP contribution in [-0.2, 0) is 6.42 Å². The number of amides is 1. The van der Waals surface area contributed by atoms with Gasteiger partial charge in [0.2, 0.25) is 0 Å². The highest BCUT2D eigenvalue weighted by Gasteiger charge is 2.26. The van der Waals surface area contributed by atoms with Crippen LogP contribution < -0.4 is 15.8 Å². The third-order valence-corrected chi connectivity index (χ3v) is 5.97. The van der Waals surface area contributed by atoms with E-state index in [1.807, 2.05) is 6.07 Å². The first kappa shape index (κ1) is 18.6. The monoisotopic (exact) mass is 372 g/mol.